The van der Waals surface area contributed by atoms with E-state index in [0.29, 0.717) is 0 Å². The number of imidazole rings is 6. The van der Waals surface area contributed by atoms with E-state index in [2.05, 4.69) is 234 Å². The van der Waals surface area contributed by atoms with Crippen LogP contribution in [0.3, 0.4) is 0 Å². The minimum atomic E-state index is 0.833. The maximum absolute atomic E-state index is 5.09. The minimum Gasteiger partial charge on any atom is -0.277 e. The molecule has 18 heteroatoms. The van der Waals surface area contributed by atoms with Crippen molar-refractivity contribution in [1.82, 2.24) is 87.2 Å². The van der Waals surface area contributed by atoms with Crippen molar-refractivity contribution < 1.29 is 0 Å². The van der Waals surface area contributed by atoms with Crippen LogP contribution in [0.15, 0.2) is 328 Å². The number of hydrogen-bond acceptors (Lipinski definition) is 12. The Hall–Kier alpha value is -15.3. The number of aryl methyl sites for hydroxylation is 6. The molecule has 0 atom stereocenters. The molecule has 0 aliphatic heterocycles. The third-order valence-electron chi connectivity index (χ3n) is 20.8. The van der Waals surface area contributed by atoms with Gasteiger partial charge in [0.1, 0.15) is 68.0 Å². The molecule has 0 unspecified atom stereocenters. The van der Waals surface area contributed by atoms with E-state index in [1.165, 1.54) is 11.1 Å². The Labute approximate surface area is 656 Å². The van der Waals surface area contributed by atoms with E-state index in [4.69, 9.17) is 39.9 Å². The zero-order valence-corrected chi connectivity index (χ0v) is 63.2. The van der Waals surface area contributed by atoms with E-state index in [0.717, 1.165) is 192 Å². The van der Waals surface area contributed by atoms with Gasteiger partial charge in [0.05, 0.1) is 11.4 Å². The molecule has 18 nitrogen and oxygen atoms in total. The number of pyridine rings is 6. The summed E-state index contributed by atoms with van der Waals surface area (Å²) >= 11 is 0. The highest BCUT2D eigenvalue weighted by atomic mass is 15.2. The molecule has 0 saturated heterocycles. The molecule has 0 bridgehead atoms. The number of aromatic nitrogens is 18. The van der Waals surface area contributed by atoms with Gasteiger partial charge in [-0.25, -0.2) is 59.8 Å². The Morgan fingerprint density at radius 3 is 0.649 bits per heavy atom. The molecule has 546 valence electrons. The average molecular weight is 1480 g/mol. The van der Waals surface area contributed by atoms with Crippen LogP contribution in [0.25, 0.3) is 169 Å². The van der Waals surface area contributed by atoms with Gasteiger partial charge < -0.3 is 0 Å². The smallest absolute Gasteiger partial charge is 0.164 e. The first-order chi connectivity index (χ1) is 56.1. The summed E-state index contributed by atoms with van der Waals surface area (Å²) in [5, 5.41) is 0. The molecule has 0 fully saturated rings. The number of fused-ring (bicyclic) bond motifs is 6. The summed E-state index contributed by atoms with van der Waals surface area (Å²) in [4.78, 5) is 58.1. The Bertz CT molecular complexity index is 6750. The van der Waals surface area contributed by atoms with Crippen LogP contribution in [0.5, 0.6) is 0 Å². The van der Waals surface area contributed by atoms with Crippen molar-refractivity contribution in [1.29, 1.82) is 0 Å². The van der Waals surface area contributed by atoms with Crippen molar-refractivity contribution in [2.75, 3.05) is 0 Å². The molecule has 9 aromatic carbocycles. The lowest BCUT2D eigenvalue weighted by Gasteiger charge is -2.17. The Morgan fingerprint density at radius 1 is 0.184 bits per heavy atom. The van der Waals surface area contributed by atoms with Gasteiger partial charge in [-0.2, -0.15) is 0 Å². The van der Waals surface area contributed by atoms with E-state index in [-0.39, 0.29) is 0 Å². The van der Waals surface area contributed by atoms with Crippen molar-refractivity contribution in [3.8, 4) is 102 Å². The number of rotatable bonds is 12. The monoisotopic (exact) mass is 1480 g/mol. The Morgan fingerprint density at radius 2 is 0.395 bits per heavy atom. The highest BCUT2D eigenvalue weighted by molar-refractivity contribution is 5.89. The lowest BCUT2D eigenvalue weighted by molar-refractivity contribution is 1.05. The van der Waals surface area contributed by atoms with Gasteiger partial charge in [0.15, 0.2) is 33.9 Å². The molecule has 21 aromatic rings. The van der Waals surface area contributed by atoms with Crippen LogP contribution in [0.4, 0.5) is 0 Å². The largest absolute Gasteiger partial charge is 0.277 e. The molecule has 0 amide bonds. The molecular weight excluding hydrogens is 1410 g/mol. The van der Waals surface area contributed by atoms with E-state index >= 15 is 0 Å². The summed E-state index contributed by atoms with van der Waals surface area (Å²) in [5.41, 5.74) is 29.5. The number of nitrogens with zero attached hydrogens (tertiary/aromatic N) is 18. The van der Waals surface area contributed by atoms with Gasteiger partial charge in [-0.05, 0) is 233 Å². The van der Waals surface area contributed by atoms with Gasteiger partial charge in [-0.1, -0.05) is 133 Å². The SMILES string of the molecule is Cc1cc(-c2nc3cccnc3n2-c2ccccc2)c(C)cc1-c1nc2cccnc2n1-c1ccccc1.Cc1cc(-c2nc3cccnc3n2-c2ccccc2C)c(C)cc1-c1nc2cccnc2n1-c1ccccc1C.c1ccc(-n2c(-c3ccc(-c4nc5cccnc5n4-c4ccccc4)cc3)nc3cccnc32)cc1. The van der Waals surface area contributed by atoms with E-state index in [1.54, 1.807) is 12.4 Å². The second-order valence-electron chi connectivity index (χ2n) is 28.2. The zero-order chi connectivity index (χ0) is 76.9. The molecule has 12 aromatic heterocycles. The third-order valence-corrected chi connectivity index (χ3v) is 20.8. The molecule has 0 aliphatic carbocycles. The fraction of sp³-hybridized carbons (Fsp3) is 0.0625. The molecule has 0 spiro atoms. The normalized spacial score (nSPS) is 11.4. The minimum absolute atomic E-state index is 0.833. The van der Waals surface area contributed by atoms with E-state index < -0.39 is 0 Å². The van der Waals surface area contributed by atoms with Crippen molar-refractivity contribution in [3.63, 3.8) is 0 Å². The topological polar surface area (TPSA) is 184 Å². The van der Waals surface area contributed by atoms with E-state index in [9.17, 15) is 0 Å². The van der Waals surface area contributed by atoms with Crippen LogP contribution in [0, 0.1) is 41.5 Å². The predicted molar refractivity (Wildman–Crippen MR) is 455 cm³/mol. The van der Waals surface area contributed by atoms with Crippen LogP contribution in [0.1, 0.15) is 33.4 Å². The Kier molecular flexibility index (Phi) is 17.8. The fourth-order valence-electron chi connectivity index (χ4n) is 15.3. The lowest BCUT2D eigenvalue weighted by atomic mass is 9.98. The summed E-state index contributed by atoms with van der Waals surface area (Å²) in [6.07, 6.45) is 10.9. The molecule has 0 N–H and O–H groups in total. The van der Waals surface area contributed by atoms with Crippen LogP contribution < -0.4 is 0 Å². The van der Waals surface area contributed by atoms with Crippen LogP contribution in [-0.2, 0) is 0 Å². The van der Waals surface area contributed by atoms with Gasteiger partial charge in [0, 0.05) is 93.3 Å². The van der Waals surface area contributed by atoms with Gasteiger partial charge in [0.25, 0.3) is 0 Å². The second-order valence-corrected chi connectivity index (χ2v) is 28.2. The number of para-hydroxylation sites is 6. The summed E-state index contributed by atoms with van der Waals surface area (Å²) < 4.78 is 12.8. The van der Waals surface area contributed by atoms with Crippen LogP contribution >= 0.6 is 0 Å². The summed E-state index contributed by atoms with van der Waals surface area (Å²) in [6.45, 7) is 12.8. The average Bonchev–Trinajstić information content (AvgIpc) is 1.58. The predicted octanol–water partition coefficient (Wildman–Crippen LogP) is 21.3. The molecule has 21 rings (SSSR count). The first kappa shape index (κ1) is 69.2. The van der Waals surface area contributed by atoms with Gasteiger partial charge in [-0.3, -0.25) is 27.4 Å². The lowest BCUT2D eigenvalue weighted by Crippen LogP contribution is -2.04. The first-order valence-electron chi connectivity index (χ1n) is 37.8. The molecule has 0 aliphatic rings. The highest BCUT2D eigenvalue weighted by Crippen LogP contribution is 2.41. The molecule has 12 heterocycles. The number of benzene rings is 9. The maximum Gasteiger partial charge on any atom is 0.164 e. The molecule has 0 radical (unpaired) electrons. The van der Waals surface area contributed by atoms with E-state index in [1.807, 2.05) is 170 Å². The highest BCUT2D eigenvalue weighted by Gasteiger charge is 2.26. The van der Waals surface area contributed by atoms with Gasteiger partial charge in [0.2, 0.25) is 0 Å². The molecule has 0 saturated carbocycles. The molecular formula is C96H72N18. The van der Waals surface area contributed by atoms with Crippen molar-refractivity contribution >= 4 is 67.0 Å². The molecule has 114 heavy (non-hydrogen) atoms. The van der Waals surface area contributed by atoms with Crippen LogP contribution in [0.2, 0.25) is 0 Å². The summed E-state index contributed by atoms with van der Waals surface area (Å²) in [5.74, 6) is 5.19. The number of hydrogen-bond donors (Lipinski definition) is 0. The zero-order valence-electron chi connectivity index (χ0n) is 63.2. The van der Waals surface area contributed by atoms with Crippen molar-refractivity contribution in [2.45, 2.75) is 41.5 Å². The Balaban J connectivity index is 0.000000115. The maximum atomic E-state index is 5.09. The van der Waals surface area contributed by atoms with Gasteiger partial charge >= 0.3 is 0 Å². The first-order valence-corrected chi connectivity index (χ1v) is 37.8. The van der Waals surface area contributed by atoms with Crippen LogP contribution in [-0.4, -0.2) is 87.2 Å². The third kappa shape index (κ3) is 12.5. The summed E-state index contributed by atoms with van der Waals surface area (Å²) in [7, 11) is 0. The standard InChI is InChI=1S/C34H28N6.C32H24N6.C30H20N6/c1-21-11-5-7-15-29(21)39-31(37-27-13-9-17-35-33(27)39)25-19-24(4)26(20-23(25)3)32-38-28-14-10-18-36-34(28)40(32)30-16-8-6-12-22(30)2;1-21-19-26(30-36-28-16-10-18-34-32(28)38(30)24-13-7-4-8-14-24)22(2)20-25(21)29-35-27-15-9-17-33-31(27)37(29)23-11-5-3-6-12-23;1-3-9-23(10-4-1)35-27(33-25-13-7-19-31-29(25)35)21-15-17-22(18-16-21)28-34-26-14-8-20-32-30(26)36(28)24-11-5-2-6-12-24/h5-20H,1-4H3;3-20H,1-2H3;1-20H. The van der Waals surface area contributed by atoms with Crippen molar-refractivity contribution in [3.05, 3.63) is 362 Å². The second kappa shape index (κ2) is 29.3. The quantitative estimate of drug-likeness (QED) is 0.113. The van der Waals surface area contributed by atoms with Crippen molar-refractivity contribution in [2.24, 2.45) is 0 Å². The fourth-order valence-corrected chi connectivity index (χ4v) is 15.3. The van der Waals surface area contributed by atoms with Gasteiger partial charge in [-0.15, -0.1) is 0 Å². The summed E-state index contributed by atoms with van der Waals surface area (Å²) in [6, 6.07) is 98.6.